The van der Waals surface area contributed by atoms with Gasteiger partial charge in [0.1, 0.15) is 5.01 Å². The van der Waals surface area contributed by atoms with Crippen LogP contribution in [0.4, 0.5) is 0 Å². The van der Waals surface area contributed by atoms with Crippen LogP contribution < -0.4 is 0 Å². The van der Waals surface area contributed by atoms with Crippen molar-refractivity contribution in [3.63, 3.8) is 0 Å². The van der Waals surface area contributed by atoms with Gasteiger partial charge in [0.2, 0.25) is 0 Å². The fourth-order valence-corrected chi connectivity index (χ4v) is 2.30. The highest BCUT2D eigenvalue weighted by atomic mass is 32.1. The van der Waals surface area contributed by atoms with Gasteiger partial charge >= 0.3 is 0 Å². The molecule has 1 aromatic carbocycles. The van der Waals surface area contributed by atoms with Crippen LogP contribution in [0.5, 0.6) is 0 Å². The molecule has 0 aliphatic rings. The van der Waals surface area contributed by atoms with Gasteiger partial charge in [-0.1, -0.05) is 0 Å². The van der Waals surface area contributed by atoms with Crippen molar-refractivity contribution < 1.29 is 0 Å². The Hall–Kier alpha value is -1.68. The van der Waals surface area contributed by atoms with E-state index in [0.717, 1.165) is 21.5 Å². The molecule has 15 heavy (non-hydrogen) atoms. The first-order valence-corrected chi connectivity index (χ1v) is 5.54. The van der Waals surface area contributed by atoms with Gasteiger partial charge < -0.3 is 0 Å². The second-order valence-corrected chi connectivity index (χ2v) is 4.27. The number of hydrogen-bond donors (Lipinski definition) is 0. The van der Waals surface area contributed by atoms with E-state index in [1.807, 2.05) is 29.5 Å². The maximum atomic E-state index is 4.29. The highest BCUT2D eigenvalue weighted by Crippen LogP contribution is 2.25. The lowest BCUT2D eigenvalue weighted by atomic mass is 10.2. The van der Waals surface area contributed by atoms with Crippen molar-refractivity contribution in [2.45, 2.75) is 0 Å². The Morgan fingerprint density at radius 3 is 3.07 bits per heavy atom. The van der Waals surface area contributed by atoms with E-state index in [2.05, 4.69) is 28.3 Å². The molecule has 0 aliphatic carbocycles. The Labute approximate surface area is 91.0 Å². The highest BCUT2D eigenvalue weighted by Gasteiger charge is 2.03. The minimum Gasteiger partial charge on any atom is -0.268 e. The summed E-state index contributed by atoms with van der Waals surface area (Å²) in [4.78, 5) is 4.29. The van der Waals surface area contributed by atoms with E-state index in [9.17, 15) is 0 Å². The summed E-state index contributed by atoms with van der Waals surface area (Å²) in [7, 11) is 1.95. The van der Waals surface area contributed by atoms with Crippen molar-refractivity contribution in [1.82, 2.24) is 14.8 Å². The minimum atomic E-state index is 1.06. The molecule has 3 aromatic rings. The molecule has 0 fully saturated rings. The van der Waals surface area contributed by atoms with Crippen LogP contribution in [0.3, 0.4) is 0 Å². The number of aromatic nitrogens is 3. The molecule has 4 heteroatoms. The number of hydrogen-bond acceptors (Lipinski definition) is 3. The molecule has 0 atom stereocenters. The summed E-state index contributed by atoms with van der Waals surface area (Å²) in [5.41, 5.74) is 2.31. The largest absolute Gasteiger partial charge is 0.268 e. The zero-order chi connectivity index (χ0) is 10.3. The van der Waals surface area contributed by atoms with Crippen LogP contribution >= 0.6 is 11.3 Å². The number of benzene rings is 1. The van der Waals surface area contributed by atoms with E-state index in [4.69, 9.17) is 0 Å². The zero-order valence-electron chi connectivity index (χ0n) is 8.21. The lowest BCUT2D eigenvalue weighted by Gasteiger charge is -1.97. The van der Waals surface area contributed by atoms with Crippen LogP contribution in [0.2, 0.25) is 0 Å². The van der Waals surface area contributed by atoms with E-state index in [1.54, 1.807) is 11.3 Å². The average molecular weight is 215 g/mol. The summed E-state index contributed by atoms with van der Waals surface area (Å²) >= 11 is 1.65. The topological polar surface area (TPSA) is 30.7 Å². The van der Waals surface area contributed by atoms with Crippen molar-refractivity contribution in [1.29, 1.82) is 0 Å². The molecule has 74 valence electrons. The van der Waals surface area contributed by atoms with E-state index in [-0.39, 0.29) is 0 Å². The maximum absolute atomic E-state index is 4.29. The number of fused-ring (bicyclic) bond motifs is 1. The van der Waals surface area contributed by atoms with Gasteiger partial charge in [-0.3, -0.25) is 4.68 Å². The van der Waals surface area contributed by atoms with Gasteiger partial charge in [-0.2, -0.15) is 5.10 Å². The van der Waals surface area contributed by atoms with Gasteiger partial charge in [0.15, 0.2) is 0 Å². The average Bonchev–Trinajstić information content (AvgIpc) is 2.88. The van der Waals surface area contributed by atoms with E-state index in [0.29, 0.717) is 0 Å². The summed E-state index contributed by atoms with van der Waals surface area (Å²) in [6.07, 6.45) is 3.71. The first kappa shape index (κ1) is 8.61. The summed E-state index contributed by atoms with van der Waals surface area (Å²) in [6.45, 7) is 0. The fraction of sp³-hybridized carbons (Fsp3) is 0.0909. The van der Waals surface area contributed by atoms with Crippen molar-refractivity contribution in [3.05, 3.63) is 36.0 Å². The van der Waals surface area contributed by atoms with Crippen LogP contribution in [0.15, 0.2) is 36.0 Å². The maximum Gasteiger partial charge on any atom is 0.123 e. The molecule has 0 unspecified atom stereocenters. The molecule has 0 aliphatic heterocycles. The lowest BCUT2D eigenvalue weighted by Crippen LogP contribution is -1.88. The Morgan fingerprint density at radius 2 is 2.27 bits per heavy atom. The quantitative estimate of drug-likeness (QED) is 0.625. The molecule has 0 amide bonds. The van der Waals surface area contributed by atoms with Crippen LogP contribution in [-0.4, -0.2) is 14.8 Å². The lowest BCUT2D eigenvalue weighted by molar-refractivity contribution is 0.797. The molecule has 2 aromatic heterocycles. The normalized spacial score (nSPS) is 11.0. The number of thiazole rings is 1. The van der Waals surface area contributed by atoms with Gasteiger partial charge in [-0.25, -0.2) is 4.98 Å². The Bertz CT molecular complexity index is 595. The molecule has 2 heterocycles. The number of aryl methyl sites for hydroxylation is 1. The number of rotatable bonds is 1. The predicted octanol–water partition coefficient (Wildman–Crippen LogP) is 2.70. The Balaban J connectivity index is 2.23. The van der Waals surface area contributed by atoms with Crippen molar-refractivity contribution >= 4 is 22.2 Å². The van der Waals surface area contributed by atoms with E-state index >= 15 is 0 Å². The molecule has 0 bridgehead atoms. The van der Waals surface area contributed by atoms with Crippen molar-refractivity contribution in [3.8, 4) is 10.6 Å². The second-order valence-electron chi connectivity index (χ2n) is 3.38. The Morgan fingerprint density at radius 1 is 1.33 bits per heavy atom. The summed E-state index contributed by atoms with van der Waals surface area (Å²) in [5.74, 6) is 0. The van der Waals surface area contributed by atoms with Crippen LogP contribution in [0, 0.1) is 0 Å². The molecular weight excluding hydrogens is 206 g/mol. The monoisotopic (exact) mass is 215 g/mol. The third-order valence-electron chi connectivity index (χ3n) is 2.43. The Kier molecular flexibility index (Phi) is 1.82. The van der Waals surface area contributed by atoms with E-state index in [1.165, 1.54) is 0 Å². The van der Waals surface area contributed by atoms with Crippen LogP contribution in [0.25, 0.3) is 21.5 Å². The zero-order valence-corrected chi connectivity index (χ0v) is 9.03. The van der Waals surface area contributed by atoms with Gasteiger partial charge in [-0.15, -0.1) is 11.3 Å². The molecule has 0 radical (unpaired) electrons. The summed E-state index contributed by atoms with van der Waals surface area (Å²) < 4.78 is 1.88. The van der Waals surface area contributed by atoms with E-state index < -0.39 is 0 Å². The van der Waals surface area contributed by atoms with Gasteiger partial charge in [0.05, 0.1) is 11.7 Å². The second kappa shape index (κ2) is 3.17. The molecular formula is C11H9N3S. The molecule has 3 rings (SSSR count). The smallest absolute Gasteiger partial charge is 0.123 e. The highest BCUT2D eigenvalue weighted by molar-refractivity contribution is 7.13. The molecule has 3 nitrogen and oxygen atoms in total. The third-order valence-corrected chi connectivity index (χ3v) is 3.25. The SMILES string of the molecule is Cn1ncc2cc(-c3nccs3)ccc21. The minimum absolute atomic E-state index is 1.06. The third kappa shape index (κ3) is 1.34. The first-order valence-electron chi connectivity index (χ1n) is 4.66. The predicted molar refractivity (Wildman–Crippen MR) is 61.8 cm³/mol. The fourth-order valence-electron chi connectivity index (χ4n) is 1.66. The molecule has 0 saturated carbocycles. The van der Waals surface area contributed by atoms with Crippen molar-refractivity contribution in [2.75, 3.05) is 0 Å². The molecule has 0 N–H and O–H groups in total. The molecule has 0 saturated heterocycles. The number of nitrogens with zero attached hydrogens (tertiary/aromatic N) is 3. The van der Waals surface area contributed by atoms with Crippen LogP contribution in [0.1, 0.15) is 0 Å². The molecule has 0 spiro atoms. The van der Waals surface area contributed by atoms with Gasteiger partial charge in [-0.05, 0) is 18.2 Å². The van der Waals surface area contributed by atoms with Gasteiger partial charge in [0.25, 0.3) is 0 Å². The van der Waals surface area contributed by atoms with Gasteiger partial charge in [0, 0.05) is 29.6 Å². The van der Waals surface area contributed by atoms with Crippen molar-refractivity contribution in [2.24, 2.45) is 7.05 Å². The standard InChI is InChI=1S/C11H9N3S/c1-14-10-3-2-8(6-9(10)7-13-14)11-12-4-5-15-11/h2-7H,1H3. The summed E-state index contributed by atoms with van der Waals surface area (Å²) in [6, 6.07) is 6.29. The van der Waals surface area contributed by atoms with Crippen LogP contribution in [-0.2, 0) is 7.05 Å². The summed E-state index contributed by atoms with van der Waals surface area (Å²) in [5, 5.41) is 8.42. The first-order chi connectivity index (χ1) is 7.34.